The fourth-order valence-corrected chi connectivity index (χ4v) is 3.74. The van der Waals surface area contributed by atoms with Crippen molar-refractivity contribution in [3.63, 3.8) is 0 Å². The first kappa shape index (κ1) is 21.7. The summed E-state index contributed by atoms with van der Waals surface area (Å²) in [4.78, 5) is 0. The second kappa shape index (κ2) is 8.76. The second-order valence-corrected chi connectivity index (χ2v) is 8.57. The number of nitrogens with zero attached hydrogens (tertiary/aromatic N) is 1. The number of benzene rings is 2. The quantitative estimate of drug-likeness (QED) is 0.648. The molecule has 29 heavy (non-hydrogen) atoms. The van der Waals surface area contributed by atoms with Crippen molar-refractivity contribution in [1.29, 1.82) is 0 Å². The van der Waals surface area contributed by atoms with Gasteiger partial charge in [-0.05, 0) is 35.4 Å². The smallest absolute Gasteiger partial charge is 0.405 e. The normalized spacial score (nSPS) is 18.6. The maximum atomic E-state index is 12.9. The van der Waals surface area contributed by atoms with E-state index in [0.717, 1.165) is 31.4 Å². The number of alkyl halides is 3. The van der Waals surface area contributed by atoms with Crippen molar-refractivity contribution in [3.8, 4) is 5.75 Å². The highest BCUT2D eigenvalue weighted by atomic mass is 19.4. The summed E-state index contributed by atoms with van der Waals surface area (Å²) in [7, 11) is 0. The number of rotatable bonds is 5. The summed E-state index contributed by atoms with van der Waals surface area (Å²) in [6.45, 7) is 7.26. The molecule has 2 aromatic rings. The van der Waals surface area contributed by atoms with Gasteiger partial charge in [0.2, 0.25) is 0 Å². The first-order chi connectivity index (χ1) is 13.6. The van der Waals surface area contributed by atoms with E-state index in [-0.39, 0.29) is 23.8 Å². The molecule has 1 saturated heterocycles. The third-order valence-corrected chi connectivity index (χ3v) is 5.31. The van der Waals surface area contributed by atoms with Gasteiger partial charge in [0, 0.05) is 24.7 Å². The molecule has 1 atom stereocenters. The maximum absolute atomic E-state index is 12.9. The van der Waals surface area contributed by atoms with Crippen LogP contribution < -0.4 is 10.2 Å². The molecule has 1 heterocycles. The zero-order valence-electron chi connectivity index (χ0n) is 17.2. The first-order valence-electron chi connectivity index (χ1n) is 10.1. The highest BCUT2D eigenvalue weighted by molar-refractivity contribution is 5.40. The summed E-state index contributed by atoms with van der Waals surface area (Å²) < 4.78 is 42.9. The number of hydrogen-bond acceptors (Lipinski definition) is 3. The van der Waals surface area contributed by atoms with Crippen LogP contribution in [-0.4, -0.2) is 17.9 Å². The van der Waals surface area contributed by atoms with Gasteiger partial charge in [-0.15, -0.1) is 13.2 Å². The summed E-state index contributed by atoms with van der Waals surface area (Å²) in [6, 6.07) is 15.4. The Kier molecular flexibility index (Phi) is 6.54. The molecule has 1 aliphatic heterocycles. The van der Waals surface area contributed by atoms with Crippen molar-refractivity contribution < 1.29 is 17.9 Å². The van der Waals surface area contributed by atoms with Crippen LogP contribution in [0.25, 0.3) is 0 Å². The molecule has 0 aromatic heterocycles. The summed E-state index contributed by atoms with van der Waals surface area (Å²) in [6.07, 6.45) is -1.50. The van der Waals surface area contributed by atoms with E-state index in [4.69, 9.17) is 0 Å². The Labute approximate surface area is 170 Å². The molecule has 1 unspecified atom stereocenters. The van der Waals surface area contributed by atoms with Gasteiger partial charge in [0.05, 0.1) is 0 Å². The first-order valence-corrected chi connectivity index (χ1v) is 10.1. The van der Waals surface area contributed by atoms with Crippen LogP contribution in [0.3, 0.4) is 0 Å². The van der Waals surface area contributed by atoms with Crippen molar-refractivity contribution in [2.24, 2.45) is 0 Å². The number of nitrogens with one attached hydrogen (secondary N) is 1. The van der Waals surface area contributed by atoms with Gasteiger partial charge in [0.25, 0.3) is 0 Å². The second-order valence-electron chi connectivity index (χ2n) is 8.57. The Balaban J connectivity index is 1.81. The van der Waals surface area contributed by atoms with Crippen LogP contribution >= 0.6 is 0 Å². The summed E-state index contributed by atoms with van der Waals surface area (Å²) in [5, 5.41) is 2.15. The maximum Gasteiger partial charge on any atom is 0.573 e. The minimum atomic E-state index is -4.71. The van der Waals surface area contributed by atoms with Crippen LogP contribution in [0, 0.1) is 0 Å². The standard InChI is InChI=1S/C23H29F3N2O/c1-22(2,3)19-12-13-21(29-23(24,25)26)18(15-19)16-27-28-14-8-7-11-20(28)17-9-5-4-6-10-17/h4-6,9-10,12-13,15,20,27H,7-8,11,14,16H2,1-3H3. The van der Waals surface area contributed by atoms with Gasteiger partial charge in [-0.25, -0.2) is 5.01 Å². The van der Waals surface area contributed by atoms with E-state index in [0.29, 0.717) is 5.56 Å². The van der Waals surface area contributed by atoms with Gasteiger partial charge in [0.15, 0.2) is 0 Å². The highest BCUT2D eigenvalue weighted by Crippen LogP contribution is 2.33. The molecule has 2 aromatic carbocycles. The summed E-state index contributed by atoms with van der Waals surface area (Å²) >= 11 is 0. The number of hydrogen-bond donors (Lipinski definition) is 1. The molecule has 1 fully saturated rings. The summed E-state index contributed by atoms with van der Waals surface area (Å²) in [5.41, 5.74) is 5.91. The van der Waals surface area contributed by atoms with Crippen molar-refractivity contribution in [3.05, 3.63) is 65.2 Å². The van der Waals surface area contributed by atoms with Crippen LogP contribution in [-0.2, 0) is 12.0 Å². The molecular weight excluding hydrogens is 377 g/mol. The van der Waals surface area contributed by atoms with Gasteiger partial charge in [-0.3, -0.25) is 5.43 Å². The average molecular weight is 406 g/mol. The van der Waals surface area contributed by atoms with Gasteiger partial charge in [-0.2, -0.15) is 0 Å². The monoisotopic (exact) mass is 406 g/mol. The Morgan fingerprint density at radius 2 is 1.76 bits per heavy atom. The SMILES string of the molecule is CC(C)(C)c1ccc(OC(F)(F)F)c(CNN2CCCCC2c2ccccc2)c1. The lowest BCUT2D eigenvalue weighted by molar-refractivity contribution is -0.274. The lowest BCUT2D eigenvalue weighted by Crippen LogP contribution is -2.43. The van der Waals surface area contributed by atoms with Gasteiger partial charge in [0.1, 0.15) is 5.75 Å². The Hall–Kier alpha value is -2.05. The molecule has 3 nitrogen and oxygen atoms in total. The zero-order chi connectivity index (χ0) is 21.1. The van der Waals surface area contributed by atoms with E-state index in [1.54, 1.807) is 6.07 Å². The molecule has 3 rings (SSSR count). The predicted octanol–water partition coefficient (Wildman–Crippen LogP) is 6.11. The van der Waals surface area contributed by atoms with Crippen molar-refractivity contribution in [1.82, 2.24) is 10.4 Å². The molecule has 0 aliphatic carbocycles. The van der Waals surface area contributed by atoms with E-state index in [2.05, 4.69) is 27.3 Å². The fraction of sp³-hybridized carbons (Fsp3) is 0.478. The van der Waals surface area contributed by atoms with E-state index in [9.17, 15) is 13.2 Å². The molecule has 0 radical (unpaired) electrons. The minimum absolute atomic E-state index is 0.147. The van der Waals surface area contributed by atoms with Crippen LogP contribution in [0.4, 0.5) is 13.2 Å². The molecule has 158 valence electrons. The summed E-state index contributed by atoms with van der Waals surface area (Å²) in [5.74, 6) is -0.147. The lowest BCUT2D eigenvalue weighted by Gasteiger charge is -2.36. The predicted molar refractivity (Wildman–Crippen MR) is 108 cm³/mol. The minimum Gasteiger partial charge on any atom is -0.405 e. The van der Waals surface area contributed by atoms with Crippen LogP contribution in [0.15, 0.2) is 48.5 Å². The van der Waals surface area contributed by atoms with E-state index in [1.807, 2.05) is 45.0 Å². The molecule has 0 bridgehead atoms. The van der Waals surface area contributed by atoms with Crippen molar-refractivity contribution in [2.45, 2.75) is 64.4 Å². The Morgan fingerprint density at radius 1 is 1.03 bits per heavy atom. The molecule has 0 spiro atoms. The van der Waals surface area contributed by atoms with E-state index in [1.165, 1.54) is 11.6 Å². The van der Waals surface area contributed by atoms with Crippen molar-refractivity contribution >= 4 is 0 Å². The highest BCUT2D eigenvalue weighted by Gasteiger charge is 2.32. The lowest BCUT2D eigenvalue weighted by atomic mass is 9.86. The molecular formula is C23H29F3N2O. The third kappa shape index (κ3) is 5.97. The molecule has 0 amide bonds. The molecule has 6 heteroatoms. The number of ether oxygens (including phenoxy) is 1. The number of halogens is 3. The van der Waals surface area contributed by atoms with Crippen LogP contribution in [0.1, 0.15) is 62.8 Å². The average Bonchev–Trinajstić information content (AvgIpc) is 2.66. The zero-order valence-corrected chi connectivity index (χ0v) is 17.2. The Morgan fingerprint density at radius 3 is 2.41 bits per heavy atom. The van der Waals surface area contributed by atoms with Gasteiger partial charge < -0.3 is 4.74 Å². The number of piperidine rings is 1. The van der Waals surface area contributed by atoms with E-state index >= 15 is 0 Å². The molecule has 0 saturated carbocycles. The number of hydrazine groups is 1. The van der Waals surface area contributed by atoms with Crippen LogP contribution in [0.5, 0.6) is 5.75 Å². The topological polar surface area (TPSA) is 24.5 Å². The largest absolute Gasteiger partial charge is 0.573 e. The fourth-order valence-electron chi connectivity index (χ4n) is 3.74. The molecule has 1 aliphatic rings. The third-order valence-electron chi connectivity index (χ3n) is 5.31. The molecule has 1 N–H and O–H groups in total. The Bertz CT molecular complexity index is 800. The van der Waals surface area contributed by atoms with Gasteiger partial charge >= 0.3 is 6.36 Å². The van der Waals surface area contributed by atoms with Crippen LogP contribution in [0.2, 0.25) is 0 Å². The van der Waals surface area contributed by atoms with Crippen molar-refractivity contribution in [2.75, 3.05) is 6.54 Å². The van der Waals surface area contributed by atoms with Gasteiger partial charge in [-0.1, -0.05) is 69.7 Å². The van der Waals surface area contributed by atoms with E-state index < -0.39 is 6.36 Å².